The van der Waals surface area contributed by atoms with Crippen LogP contribution in [0, 0.1) is 11.6 Å². The predicted octanol–water partition coefficient (Wildman–Crippen LogP) is 2.43. The second kappa shape index (κ2) is 4.85. The zero-order chi connectivity index (χ0) is 12.4. The molecule has 0 saturated heterocycles. The number of aromatic nitrogens is 2. The van der Waals surface area contributed by atoms with Crippen molar-refractivity contribution in [3.05, 3.63) is 45.4 Å². The highest BCUT2D eigenvalue weighted by Gasteiger charge is 2.12. The van der Waals surface area contributed by atoms with Gasteiger partial charge < -0.3 is 5.73 Å². The molecule has 0 spiro atoms. The number of nitrogens with zero attached hydrogens (tertiary/aromatic N) is 2. The fourth-order valence-electron chi connectivity index (χ4n) is 1.37. The van der Waals surface area contributed by atoms with Crippen molar-refractivity contribution in [1.82, 2.24) is 10.2 Å². The molecule has 0 radical (unpaired) electrons. The van der Waals surface area contributed by atoms with E-state index in [0.29, 0.717) is 10.0 Å². The molecule has 2 N–H and O–H groups in total. The van der Waals surface area contributed by atoms with Crippen LogP contribution in [0.1, 0.15) is 28.5 Å². The molecular formula is C11H11F2N3S. The number of nitrogens with two attached hydrogens (primary N) is 1. The third-order valence-electron chi connectivity index (χ3n) is 2.25. The molecule has 3 nitrogen and oxygen atoms in total. The van der Waals surface area contributed by atoms with Crippen LogP contribution in [0.25, 0.3) is 0 Å². The van der Waals surface area contributed by atoms with Crippen LogP contribution in [-0.4, -0.2) is 10.2 Å². The number of benzene rings is 1. The lowest BCUT2D eigenvalue weighted by molar-refractivity contribution is 0.500. The molecule has 0 aliphatic rings. The lowest BCUT2D eigenvalue weighted by atomic mass is 10.1. The molecule has 2 aromatic rings. The van der Waals surface area contributed by atoms with Gasteiger partial charge in [-0.05, 0) is 18.6 Å². The van der Waals surface area contributed by atoms with Crippen molar-refractivity contribution < 1.29 is 8.78 Å². The third-order valence-corrected chi connectivity index (χ3v) is 3.37. The summed E-state index contributed by atoms with van der Waals surface area (Å²) >= 11 is 1.31. The van der Waals surface area contributed by atoms with Crippen LogP contribution in [-0.2, 0) is 6.42 Å². The molecule has 0 aliphatic carbocycles. The van der Waals surface area contributed by atoms with Gasteiger partial charge in [-0.1, -0.05) is 23.5 Å². The van der Waals surface area contributed by atoms with Crippen LogP contribution < -0.4 is 5.73 Å². The topological polar surface area (TPSA) is 51.8 Å². The van der Waals surface area contributed by atoms with Gasteiger partial charge in [-0.15, -0.1) is 10.2 Å². The first-order valence-corrected chi connectivity index (χ1v) is 5.90. The first kappa shape index (κ1) is 12.1. The largest absolute Gasteiger partial charge is 0.322 e. The number of rotatable bonds is 3. The monoisotopic (exact) mass is 255 g/mol. The first-order valence-electron chi connectivity index (χ1n) is 5.08. The average Bonchev–Trinajstić information content (AvgIpc) is 2.73. The van der Waals surface area contributed by atoms with E-state index in [9.17, 15) is 8.78 Å². The van der Waals surface area contributed by atoms with Crippen molar-refractivity contribution in [3.8, 4) is 0 Å². The number of halogens is 2. The molecular weight excluding hydrogens is 244 g/mol. The highest BCUT2D eigenvalue weighted by atomic mass is 32.1. The van der Waals surface area contributed by atoms with Gasteiger partial charge in [0.2, 0.25) is 0 Å². The Labute approximate surface area is 101 Å². The van der Waals surface area contributed by atoms with E-state index in [0.717, 1.165) is 6.07 Å². The Hall–Kier alpha value is -1.40. The highest BCUT2D eigenvalue weighted by molar-refractivity contribution is 7.11. The van der Waals surface area contributed by atoms with E-state index < -0.39 is 11.6 Å². The maximum Gasteiger partial charge on any atom is 0.162 e. The van der Waals surface area contributed by atoms with E-state index in [4.69, 9.17) is 5.73 Å². The highest BCUT2D eigenvalue weighted by Crippen LogP contribution is 2.20. The summed E-state index contributed by atoms with van der Waals surface area (Å²) < 4.78 is 26.4. The summed E-state index contributed by atoms with van der Waals surface area (Å²) in [6.45, 7) is 1.80. The quantitative estimate of drug-likeness (QED) is 0.916. The first-order chi connectivity index (χ1) is 8.08. The number of hydrogen-bond acceptors (Lipinski definition) is 4. The second-order valence-electron chi connectivity index (χ2n) is 3.71. The fraction of sp³-hybridized carbons (Fsp3) is 0.273. The molecule has 1 heterocycles. The van der Waals surface area contributed by atoms with Gasteiger partial charge >= 0.3 is 0 Å². The summed E-state index contributed by atoms with van der Waals surface area (Å²) in [6.07, 6.45) is 0.230. The molecule has 2 rings (SSSR count). The van der Waals surface area contributed by atoms with Crippen LogP contribution >= 0.6 is 11.3 Å². The predicted molar refractivity (Wildman–Crippen MR) is 61.7 cm³/mol. The Balaban J connectivity index is 2.22. The smallest absolute Gasteiger partial charge is 0.162 e. The van der Waals surface area contributed by atoms with Crippen LogP contribution in [0.15, 0.2) is 18.2 Å². The van der Waals surface area contributed by atoms with Gasteiger partial charge in [0, 0.05) is 6.42 Å². The summed E-state index contributed by atoms with van der Waals surface area (Å²) in [7, 11) is 0. The van der Waals surface area contributed by atoms with E-state index in [2.05, 4.69) is 10.2 Å². The average molecular weight is 255 g/mol. The van der Waals surface area contributed by atoms with Gasteiger partial charge in [-0.3, -0.25) is 0 Å². The van der Waals surface area contributed by atoms with E-state index in [1.807, 2.05) is 0 Å². The van der Waals surface area contributed by atoms with Crippen molar-refractivity contribution in [1.29, 1.82) is 0 Å². The van der Waals surface area contributed by atoms with Gasteiger partial charge in [-0.25, -0.2) is 8.78 Å². The van der Waals surface area contributed by atoms with Gasteiger partial charge in [0.05, 0.1) is 6.04 Å². The van der Waals surface area contributed by atoms with E-state index in [1.165, 1.54) is 23.5 Å². The Kier molecular flexibility index (Phi) is 3.44. The second-order valence-corrected chi connectivity index (χ2v) is 4.81. The lowest BCUT2D eigenvalue weighted by Crippen LogP contribution is -2.03. The summed E-state index contributed by atoms with van der Waals surface area (Å²) in [5.41, 5.74) is 5.92. The maximum atomic E-state index is 13.4. The lowest BCUT2D eigenvalue weighted by Gasteiger charge is -2.00. The fourth-order valence-corrected chi connectivity index (χ4v) is 2.19. The standard InChI is InChI=1S/C11H11F2N3S/c1-6(14)11-16-15-9(17-11)5-7-3-2-4-8(12)10(7)13/h2-4,6H,5,14H2,1H3. The number of hydrogen-bond donors (Lipinski definition) is 1. The third kappa shape index (κ3) is 2.65. The van der Waals surface area contributed by atoms with Crippen molar-refractivity contribution in [3.63, 3.8) is 0 Å². The van der Waals surface area contributed by atoms with Crippen LogP contribution in [0.3, 0.4) is 0 Å². The zero-order valence-electron chi connectivity index (χ0n) is 9.15. The van der Waals surface area contributed by atoms with Gasteiger partial charge in [-0.2, -0.15) is 0 Å². The SMILES string of the molecule is CC(N)c1nnc(Cc2cccc(F)c2F)s1. The van der Waals surface area contributed by atoms with Crippen LogP contribution in [0.4, 0.5) is 8.78 Å². The molecule has 1 aromatic carbocycles. The summed E-state index contributed by atoms with van der Waals surface area (Å²) in [4.78, 5) is 0. The van der Waals surface area contributed by atoms with Gasteiger partial charge in [0.15, 0.2) is 11.6 Å². The minimum absolute atomic E-state index is 0.196. The van der Waals surface area contributed by atoms with Gasteiger partial charge in [0.1, 0.15) is 10.0 Å². The molecule has 90 valence electrons. The molecule has 0 aliphatic heterocycles. The maximum absolute atomic E-state index is 13.4. The Morgan fingerprint density at radius 1 is 1.35 bits per heavy atom. The van der Waals surface area contributed by atoms with Crippen molar-refractivity contribution in [2.75, 3.05) is 0 Å². The summed E-state index contributed by atoms with van der Waals surface area (Å²) in [5, 5.41) is 9.11. The zero-order valence-corrected chi connectivity index (χ0v) is 9.97. The molecule has 1 aromatic heterocycles. The van der Waals surface area contributed by atoms with Crippen molar-refractivity contribution in [2.45, 2.75) is 19.4 Å². The Bertz CT molecular complexity index is 525. The van der Waals surface area contributed by atoms with Crippen molar-refractivity contribution in [2.24, 2.45) is 5.73 Å². The normalized spacial score (nSPS) is 12.7. The molecule has 1 atom stereocenters. The molecule has 0 saturated carbocycles. The van der Waals surface area contributed by atoms with E-state index >= 15 is 0 Å². The van der Waals surface area contributed by atoms with Crippen LogP contribution in [0.2, 0.25) is 0 Å². The van der Waals surface area contributed by atoms with E-state index in [-0.39, 0.29) is 18.0 Å². The minimum atomic E-state index is -0.848. The van der Waals surface area contributed by atoms with E-state index in [1.54, 1.807) is 6.92 Å². The van der Waals surface area contributed by atoms with Crippen molar-refractivity contribution >= 4 is 11.3 Å². The molecule has 0 bridgehead atoms. The molecule has 17 heavy (non-hydrogen) atoms. The Morgan fingerprint density at radius 2 is 2.12 bits per heavy atom. The molecule has 6 heteroatoms. The summed E-state index contributed by atoms with van der Waals surface area (Å²) in [6, 6.07) is 3.90. The van der Waals surface area contributed by atoms with Gasteiger partial charge in [0.25, 0.3) is 0 Å². The Morgan fingerprint density at radius 3 is 2.76 bits per heavy atom. The molecule has 1 unspecified atom stereocenters. The van der Waals surface area contributed by atoms with Crippen LogP contribution in [0.5, 0.6) is 0 Å². The molecule has 0 fully saturated rings. The molecule has 0 amide bonds. The summed E-state index contributed by atoms with van der Waals surface area (Å²) in [5.74, 6) is -1.68. The minimum Gasteiger partial charge on any atom is -0.322 e.